The molecule has 0 bridgehead atoms. The van der Waals surface area contributed by atoms with E-state index in [2.05, 4.69) is 20.8 Å². The molecule has 1 heteroatoms. The molecule has 23 heavy (non-hydrogen) atoms. The molecule has 1 N–H and O–H groups in total. The van der Waals surface area contributed by atoms with Crippen molar-refractivity contribution in [2.45, 2.75) is 130 Å². The van der Waals surface area contributed by atoms with Crippen molar-refractivity contribution < 1.29 is 5.11 Å². The maximum atomic E-state index is 9.75. The Balaban J connectivity index is 3.51. The lowest BCUT2D eigenvalue weighted by atomic mass is 9.80. The summed E-state index contributed by atoms with van der Waals surface area (Å²) in [6, 6.07) is 0. The highest BCUT2D eigenvalue weighted by Crippen LogP contribution is 2.30. The molecule has 1 unspecified atom stereocenters. The average Bonchev–Trinajstić information content (AvgIpc) is 2.56. The Morgan fingerprint density at radius 1 is 0.522 bits per heavy atom. The first-order chi connectivity index (χ1) is 11.2. The standard InChI is InChI=1S/C22H46O/c1-4-6-8-10-12-13-14-16-18-20-22(3,21-23)19-17-15-11-9-7-5-2/h23H,4-21H2,1-3H3. The zero-order chi connectivity index (χ0) is 17.2. The quantitative estimate of drug-likeness (QED) is 0.256. The predicted molar refractivity (Wildman–Crippen MR) is 105 cm³/mol. The third-order valence-corrected chi connectivity index (χ3v) is 5.40. The molecule has 0 aliphatic heterocycles. The van der Waals surface area contributed by atoms with Crippen molar-refractivity contribution in [2.24, 2.45) is 5.41 Å². The van der Waals surface area contributed by atoms with Crippen LogP contribution in [-0.2, 0) is 0 Å². The Kier molecular flexibility index (Phi) is 16.8. The van der Waals surface area contributed by atoms with Gasteiger partial charge >= 0.3 is 0 Å². The van der Waals surface area contributed by atoms with E-state index in [9.17, 15) is 5.11 Å². The van der Waals surface area contributed by atoms with Crippen molar-refractivity contribution in [3.63, 3.8) is 0 Å². The van der Waals surface area contributed by atoms with Crippen molar-refractivity contribution in [1.82, 2.24) is 0 Å². The van der Waals surface area contributed by atoms with Crippen LogP contribution in [0, 0.1) is 5.41 Å². The average molecular weight is 327 g/mol. The molecule has 0 aromatic carbocycles. The molecule has 0 heterocycles. The normalized spacial score (nSPS) is 14.1. The van der Waals surface area contributed by atoms with E-state index in [4.69, 9.17) is 0 Å². The largest absolute Gasteiger partial charge is 0.396 e. The van der Waals surface area contributed by atoms with Crippen LogP contribution in [0.1, 0.15) is 130 Å². The minimum Gasteiger partial charge on any atom is -0.396 e. The molecule has 1 atom stereocenters. The minimum absolute atomic E-state index is 0.186. The van der Waals surface area contributed by atoms with Crippen LogP contribution in [0.25, 0.3) is 0 Å². The molecule has 0 aliphatic rings. The van der Waals surface area contributed by atoms with Gasteiger partial charge in [0, 0.05) is 6.61 Å². The van der Waals surface area contributed by atoms with Gasteiger partial charge in [0.15, 0.2) is 0 Å². The number of rotatable bonds is 18. The molecular formula is C22H46O. The van der Waals surface area contributed by atoms with E-state index < -0.39 is 0 Å². The summed E-state index contributed by atoms with van der Waals surface area (Å²) in [7, 11) is 0. The van der Waals surface area contributed by atoms with Gasteiger partial charge in [-0.1, -0.05) is 117 Å². The lowest BCUT2D eigenvalue weighted by molar-refractivity contribution is 0.116. The summed E-state index contributed by atoms with van der Waals surface area (Å²) in [5.74, 6) is 0. The van der Waals surface area contributed by atoms with E-state index in [1.165, 1.54) is 109 Å². The van der Waals surface area contributed by atoms with E-state index in [0.717, 1.165) is 0 Å². The van der Waals surface area contributed by atoms with Gasteiger partial charge in [-0.3, -0.25) is 0 Å². The smallest absolute Gasteiger partial charge is 0.0484 e. The van der Waals surface area contributed by atoms with Crippen molar-refractivity contribution in [3.8, 4) is 0 Å². The third kappa shape index (κ3) is 15.2. The van der Waals surface area contributed by atoms with Gasteiger partial charge in [0.1, 0.15) is 0 Å². The fourth-order valence-electron chi connectivity index (χ4n) is 3.48. The monoisotopic (exact) mass is 326 g/mol. The van der Waals surface area contributed by atoms with Gasteiger partial charge in [0.2, 0.25) is 0 Å². The molecule has 0 fully saturated rings. The molecule has 0 aromatic heterocycles. The Bertz CT molecular complexity index is 226. The van der Waals surface area contributed by atoms with Crippen molar-refractivity contribution in [3.05, 3.63) is 0 Å². The Morgan fingerprint density at radius 2 is 0.826 bits per heavy atom. The second-order valence-corrected chi connectivity index (χ2v) is 8.06. The highest BCUT2D eigenvalue weighted by atomic mass is 16.3. The molecule has 0 aromatic rings. The van der Waals surface area contributed by atoms with Gasteiger partial charge in [-0.2, -0.15) is 0 Å². The van der Waals surface area contributed by atoms with E-state index in [0.29, 0.717) is 6.61 Å². The summed E-state index contributed by atoms with van der Waals surface area (Å²) in [5, 5.41) is 9.75. The van der Waals surface area contributed by atoms with Gasteiger partial charge < -0.3 is 5.11 Å². The summed E-state index contributed by atoms with van der Waals surface area (Å²) in [6.07, 6.45) is 23.1. The zero-order valence-electron chi connectivity index (χ0n) is 16.7. The third-order valence-electron chi connectivity index (χ3n) is 5.40. The van der Waals surface area contributed by atoms with Crippen LogP contribution in [0.3, 0.4) is 0 Å². The van der Waals surface area contributed by atoms with Gasteiger partial charge in [-0.05, 0) is 18.3 Å². The topological polar surface area (TPSA) is 20.2 Å². The van der Waals surface area contributed by atoms with Crippen LogP contribution in [0.4, 0.5) is 0 Å². The van der Waals surface area contributed by atoms with E-state index >= 15 is 0 Å². The summed E-state index contributed by atoms with van der Waals surface area (Å²) >= 11 is 0. The summed E-state index contributed by atoms with van der Waals surface area (Å²) in [4.78, 5) is 0. The molecule has 0 spiro atoms. The van der Waals surface area contributed by atoms with Crippen LogP contribution in [0.15, 0.2) is 0 Å². The first-order valence-corrected chi connectivity index (χ1v) is 10.8. The van der Waals surface area contributed by atoms with Crippen LogP contribution in [0.2, 0.25) is 0 Å². The molecule has 140 valence electrons. The van der Waals surface area contributed by atoms with Crippen LogP contribution in [0.5, 0.6) is 0 Å². The first-order valence-electron chi connectivity index (χ1n) is 10.8. The molecular weight excluding hydrogens is 280 g/mol. The second kappa shape index (κ2) is 16.8. The summed E-state index contributed by atoms with van der Waals surface area (Å²) < 4.78 is 0. The maximum Gasteiger partial charge on any atom is 0.0484 e. The number of hydrogen-bond acceptors (Lipinski definition) is 1. The van der Waals surface area contributed by atoms with Gasteiger partial charge in [0.05, 0.1) is 0 Å². The lowest BCUT2D eigenvalue weighted by Crippen LogP contribution is -2.21. The molecule has 0 aliphatic carbocycles. The Labute approximate surface area is 147 Å². The zero-order valence-corrected chi connectivity index (χ0v) is 16.7. The maximum absolute atomic E-state index is 9.75. The van der Waals surface area contributed by atoms with Crippen LogP contribution >= 0.6 is 0 Å². The highest BCUT2D eigenvalue weighted by Gasteiger charge is 2.21. The van der Waals surface area contributed by atoms with Gasteiger partial charge in [-0.25, -0.2) is 0 Å². The number of unbranched alkanes of at least 4 members (excludes halogenated alkanes) is 13. The van der Waals surface area contributed by atoms with Crippen LogP contribution < -0.4 is 0 Å². The van der Waals surface area contributed by atoms with Gasteiger partial charge in [-0.15, -0.1) is 0 Å². The molecule has 1 nitrogen and oxygen atoms in total. The highest BCUT2D eigenvalue weighted by molar-refractivity contribution is 4.73. The predicted octanol–water partition coefficient (Wildman–Crippen LogP) is 7.66. The lowest BCUT2D eigenvalue weighted by Gasteiger charge is -2.27. The minimum atomic E-state index is 0.186. The van der Waals surface area contributed by atoms with Crippen molar-refractivity contribution >= 4 is 0 Å². The van der Waals surface area contributed by atoms with E-state index in [-0.39, 0.29) is 5.41 Å². The Morgan fingerprint density at radius 3 is 1.13 bits per heavy atom. The summed E-state index contributed by atoms with van der Waals surface area (Å²) in [5.41, 5.74) is 0.186. The number of aliphatic hydroxyl groups is 1. The number of aliphatic hydroxyl groups excluding tert-OH is 1. The molecule has 0 amide bonds. The fraction of sp³-hybridized carbons (Fsp3) is 1.00. The molecule has 0 radical (unpaired) electrons. The molecule has 0 rings (SSSR count). The van der Waals surface area contributed by atoms with Gasteiger partial charge in [0.25, 0.3) is 0 Å². The molecule has 0 saturated heterocycles. The van der Waals surface area contributed by atoms with E-state index in [1.54, 1.807) is 0 Å². The first kappa shape index (κ1) is 23.0. The van der Waals surface area contributed by atoms with E-state index in [1.807, 2.05) is 0 Å². The number of hydrogen-bond donors (Lipinski definition) is 1. The molecule has 0 saturated carbocycles. The SMILES string of the molecule is CCCCCCCCCCCC(C)(CO)CCCCCCCC. The Hall–Kier alpha value is -0.0400. The van der Waals surface area contributed by atoms with Crippen molar-refractivity contribution in [2.75, 3.05) is 6.61 Å². The fourth-order valence-corrected chi connectivity index (χ4v) is 3.48. The van der Waals surface area contributed by atoms with Crippen LogP contribution in [-0.4, -0.2) is 11.7 Å². The van der Waals surface area contributed by atoms with Crippen molar-refractivity contribution in [1.29, 1.82) is 0 Å². The summed E-state index contributed by atoms with van der Waals surface area (Å²) in [6.45, 7) is 7.22. The second-order valence-electron chi connectivity index (χ2n) is 8.06.